The van der Waals surface area contributed by atoms with Crippen molar-refractivity contribution in [2.24, 2.45) is 5.73 Å². The van der Waals surface area contributed by atoms with Crippen LogP contribution in [0, 0.1) is 15.9 Å². The van der Waals surface area contributed by atoms with E-state index in [1.807, 2.05) is 0 Å². The molecule has 0 aliphatic rings. The highest BCUT2D eigenvalue weighted by Gasteiger charge is 2.20. The molecule has 0 fully saturated rings. The number of nitrogens with two attached hydrogens (primary N) is 1. The maximum Gasteiger partial charge on any atom is 0.311 e. The van der Waals surface area contributed by atoms with Gasteiger partial charge in [0, 0.05) is 16.6 Å². The number of hydrogen-bond acceptors (Lipinski definition) is 7. The van der Waals surface area contributed by atoms with E-state index >= 15 is 0 Å². The molecule has 3 aromatic rings. The van der Waals surface area contributed by atoms with Crippen molar-refractivity contribution >= 4 is 49.9 Å². The summed E-state index contributed by atoms with van der Waals surface area (Å²) in [6, 6.07) is 6.87. The van der Waals surface area contributed by atoms with Gasteiger partial charge in [-0.1, -0.05) is 15.9 Å². The molecule has 0 aliphatic carbocycles. The number of primary amides is 1. The predicted molar refractivity (Wildman–Crippen MR) is 98.3 cm³/mol. The Kier molecular flexibility index (Phi) is 5.12. The van der Waals surface area contributed by atoms with Crippen LogP contribution in [0.1, 0.15) is 0 Å². The third kappa shape index (κ3) is 4.08. The van der Waals surface area contributed by atoms with E-state index in [0.29, 0.717) is 9.99 Å². The van der Waals surface area contributed by atoms with Gasteiger partial charge in [-0.2, -0.15) is 0 Å². The minimum atomic E-state index is -0.778. The molecule has 11 heteroatoms. The van der Waals surface area contributed by atoms with Crippen molar-refractivity contribution in [1.29, 1.82) is 0 Å². The van der Waals surface area contributed by atoms with Crippen molar-refractivity contribution in [2.45, 2.75) is 0 Å². The van der Waals surface area contributed by atoms with Crippen LogP contribution in [0.2, 0.25) is 0 Å². The fourth-order valence-corrected chi connectivity index (χ4v) is 2.63. The summed E-state index contributed by atoms with van der Waals surface area (Å²) in [6.45, 7) is -0.521. The maximum atomic E-state index is 14.1. The number of anilines is 2. The molecule has 0 radical (unpaired) electrons. The number of hydrogen-bond donors (Lipinski definition) is 2. The minimum absolute atomic E-state index is 0.134. The number of fused-ring (bicyclic) bond motifs is 1. The highest BCUT2D eigenvalue weighted by atomic mass is 79.9. The van der Waals surface area contributed by atoms with Crippen molar-refractivity contribution in [3.63, 3.8) is 0 Å². The van der Waals surface area contributed by atoms with E-state index in [4.69, 9.17) is 10.5 Å². The van der Waals surface area contributed by atoms with E-state index in [1.54, 1.807) is 6.07 Å². The molecule has 3 N–H and O–H groups in total. The van der Waals surface area contributed by atoms with Crippen LogP contribution in [-0.2, 0) is 4.79 Å². The van der Waals surface area contributed by atoms with Gasteiger partial charge in [-0.05, 0) is 18.2 Å². The number of nitrogens with one attached hydrogen (secondary N) is 1. The normalized spacial score (nSPS) is 10.6. The standard InChI is InChI=1S/C16H11BrFN5O4/c17-8-1-2-11(10(18)3-8)22-16-9-4-13(23(25)26)14(27-6-15(19)24)5-12(9)20-7-21-16/h1-5,7H,6H2,(H2,19,24)(H,20,21,22). The summed E-state index contributed by atoms with van der Waals surface area (Å²) in [5.74, 6) is -1.30. The van der Waals surface area contributed by atoms with Crippen LogP contribution in [0.3, 0.4) is 0 Å². The Labute approximate surface area is 159 Å². The molecule has 0 bridgehead atoms. The molecule has 1 aromatic heterocycles. The third-order valence-corrected chi connectivity index (χ3v) is 3.96. The molecular weight excluding hydrogens is 425 g/mol. The number of ether oxygens (including phenoxy) is 1. The molecule has 27 heavy (non-hydrogen) atoms. The molecule has 9 nitrogen and oxygen atoms in total. The molecule has 0 unspecified atom stereocenters. The number of nitro groups is 1. The smallest absolute Gasteiger partial charge is 0.311 e. The zero-order valence-corrected chi connectivity index (χ0v) is 15.1. The molecule has 0 aliphatic heterocycles. The SMILES string of the molecule is NC(=O)COc1cc2ncnc(Nc3ccc(Br)cc3F)c2cc1[N+](=O)[O-]. The van der Waals surface area contributed by atoms with Crippen molar-refractivity contribution < 1.29 is 18.8 Å². The molecule has 1 amide bonds. The van der Waals surface area contributed by atoms with Gasteiger partial charge in [0.15, 0.2) is 12.4 Å². The number of nitrogens with zero attached hydrogens (tertiary/aromatic N) is 3. The lowest BCUT2D eigenvalue weighted by Gasteiger charge is -2.11. The van der Waals surface area contributed by atoms with Gasteiger partial charge in [0.05, 0.1) is 21.5 Å². The number of nitro benzene ring substituents is 1. The van der Waals surface area contributed by atoms with Crippen LogP contribution >= 0.6 is 15.9 Å². The molecule has 1 heterocycles. The number of benzene rings is 2. The summed E-state index contributed by atoms with van der Waals surface area (Å²) in [4.78, 5) is 29.6. The quantitative estimate of drug-likeness (QED) is 0.448. The summed E-state index contributed by atoms with van der Waals surface area (Å²) in [6.07, 6.45) is 1.21. The summed E-state index contributed by atoms with van der Waals surface area (Å²) >= 11 is 3.16. The van der Waals surface area contributed by atoms with Crippen LogP contribution in [0.25, 0.3) is 10.9 Å². The fourth-order valence-electron chi connectivity index (χ4n) is 2.30. The zero-order valence-electron chi connectivity index (χ0n) is 13.5. The molecule has 0 saturated heterocycles. The molecule has 2 aromatic carbocycles. The number of rotatable bonds is 6. The summed E-state index contributed by atoms with van der Waals surface area (Å²) in [7, 11) is 0. The van der Waals surface area contributed by atoms with Crippen LogP contribution in [0.15, 0.2) is 41.1 Å². The van der Waals surface area contributed by atoms with Crippen LogP contribution < -0.4 is 15.8 Å². The second-order valence-electron chi connectivity index (χ2n) is 5.32. The van der Waals surface area contributed by atoms with Gasteiger partial charge in [-0.3, -0.25) is 14.9 Å². The van der Waals surface area contributed by atoms with E-state index in [9.17, 15) is 19.3 Å². The number of carbonyl (C=O) groups is 1. The van der Waals surface area contributed by atoms with E-state index in [2.05, 4.69) is 31.2 Å². The van der Waals surface area contributed by atoms with Gasteiger partial charge in [-0.15, -0.1) is 0 Å². The van der Waals surface area contributed by atoms with Gasteiger partial charge in [0.25, 0.3) is 5.91 Å². The average Bonchev–Trinajstić information content (AvgIpc) is 2.61. The molecule has 3 rings (SSSR count). The first-order valence-corrected chi connectivity index (χ1v) is 8.21. The Balaban J connectivity index is 2.08. The lowest BCUT2D eigenvalue weighted by Crippen LogP contribution is -2.20. The van der Waals surface area contributed by atoms with Gasteiger partial charge < -0.3 is 15.8 Å². The molecular formula is C16H11BrFN5O4. The molecule has 0 atom stereocenters. The fraction of sp³-hybridized carbons (Fsp3) is 0.0625. The highest BCUT2D eigenvalue weighted by molar-refractivity contribution is 9.10. The second kappa shape index (κ2) is 7.50. The van der Waals surface area contributed by atoms with Gasteiger partial charge >= 0.3 is 5.69 Å². The van der Waals surface area contributed by atoms with E-state index in [1.165, 1.54) is 30.6 Å². The molecule has 0 spiro atoms. The van der Waals surface area contributed by atoms with Crippen molar-refractivity contribution in [3.05, 3.63) is 57.1 Å². The first kappa shape index (κ1) is 18.5. The topological polar surface area (TPSA) is 133 Å². The van der Waals surface area contributed by atoms with Crippen LogP contribution in [-0.4, -0.2) is 27.4 Å². The average molecular weight is 436 g/mol. The second-order valence-corrected chi connectivity index (χ2v) is 6.24. The maximum absolute atomic E-state index is 14.1. The third-order valence-electron chi connectivity index (χ3n) is 3.47. The number of amides is 1. The Bertz CT molecular complexity index is 1060. The van der Waals surface area contributed by atoms with Crippen molar-refractivity contribution in [2.75, 3.05) is 11.9 Å². The predicted octanol–water partition coefficient (Wildman–Crippen LogP) is 3.05. The largest absolute Gasteiger partial charge is 0.477 e. The van der Waals surface area contributed by atoms with E-state index < -0.39 is 28.9 Å². The highest BCUT2D eigenvalue weighted by Crippen LogP contribution is 2.35. The Morgan fingerprint density at radius 1 is 1.33 bits per heavy atom. The summed E-state index contributed by atoms with van der Waals surface area (Å²) in [5.41, 5.74) is 5.04. The number of carbonyl (C=O) groups excluding carboxylic acids is 1. The zero-order chi connectivity index (χ0) is 19.6. The van der Waals surface area contributed by atoms with Gasteiger partial charge in [0.2, 0.25) is 0 Å². The van der Waals surface area contributed by atoms with Gasteiger partial charge in [0.1, 0.15) is 18.0 Å². The number of halogens is 2. The summed E-state index contributed by atoms with van der Waals surface area (Å²) in [5, 5.41) is 14.4. The Morgan fingerprint density at radius 2 is 2.11 bits per heavy atom. The molecule has 0 saturated carbocycles. The first-order chi connectivity index (χ1) is 12.8. The monoisotopic (exact) mass is 435 g/mol. The van der Waals surface area contributed by atoms with Crippen molar-refractivity contribution in [3.8, 4) is 5.75 Å². The molecule has 138 valence electrons. The van der Waals surface area contributed by atoms with E-state index in [0.717, 1.165) is 0 Å². The lowest BCUT2D eigenvalue weighted by atomic mass is 10.2. The minimum Gasteiger partial charge on any atom is -0.477 e. The van der Waals surface area contributed by atoms with Gasteiger partial charge in [-0.25, -0.2) is 14.4 Å². The van der Waals surface area contributed by atoms with Crippen LogP contribution in [0.4, 0.5) is 21.6 Å². The Morgan fingerprint density at radius 3 is 2.78 bits per heavy atom. The van der Waals surface area contributed by atoms with Crippen molar-refractivity contribution in [1.82, 2.24) is 9.97 Å². The first-order valence-electron chi connectivity index (χ1n) is 7.41. The number of aromatic nitrogens is 2. The summed E-state index contributed by atoms with van der Waals surface area (Å²) < 4.78 is 19.7. The Hall–Kier alpha value is -3.34. The van der Waals surface area contributed by atoms with Crippen LogP contribution in [0.5, 0.6) is 5.75 Å². The van der Waals surface area contributed by atoms with E-state index in [-0.39, 0.29) is 22.6 Å². The lowest BCUT2D eigenvalue weighted by molar-refractivity contribution is -0.385.